The van der Waals surface area contributed by atoms with Crippen LogP contribution in [0.1, 0.15) is 82.4 Å². The van der Waals surface area contributed by atoms with Crippen LogP contribution in [-0.2, 0) is 0 Å². The SMILES string of the molecule is C1=CC/C=C\C/C=C\1.C1=CC2(NC3=Cc4c(n(-c5cccc6ccccc56)c5ccc(N(c6ccccc6)c6ccc(N(c7ccccc7)c7ccccc7)cc6)cc45)C4CC34)CC2C2CC12.CCC.NC12C=CC3CC3C1C2. The maximum atomic E-state index is 5.98. The topological polar surface area (TPSA) is 49.5 Å². The lowest BCUT2D eigenvalue weighted by Crippen LogP contribution is -2.34. The van der Waals surface area contributed by atoms with Gasteiger partial charge in [-0.15, -0.1) is 0 Å². The standard InChI is InChI=1S/C55H44N4.C8H11N.C8H10.C3H8/c1-4-15-38(16-5-1)57(39-17-6-2-7-18-39)41-23-25-42(26-24-41)58(40-19-8-3-9-20-40)43-27-28-53-47(32-43)49-34-51(56-55-30-29-37-31-45(37)50(55)35-55)46-33-48(46)54(49)59(53)52-22-12-14-36-13-10-11-21-44(36)52;9-8-2-1-5-3-6(5)7(8)4-8;1-2-4-6-8-7-5-3-1;1-3-2/h1-30,32,34,37,45-46,48,50,56H,31,33,35H2;1-2,5-7H,3-4,9H2;1-4,7-8H,5-6H2;3H2,1-2H3/b;;3-1-,4-2?,8-7-;. The molecule has 394 valence electrons. The second-order valence-corrected chi connectivity index (χ2v) is 23.8. The molecule has 0 aliphatic heterocycles. The van der Waals surface area contributed by atoms with Gasteiger partial charge in [-0.05, 0) is 177 Å². The van der Waals surface area contributed by atoms with Gasteiger partial charge in [-0.1, -0.05) is 172 Å². The van der Waals surface area contributed by atoms with E-state index in [1.54, 1.807) is 0 Å². The number of benzene rings is 7. The van der Waals surface area contributed by atoms with Crippen LogP contribution in [0.5, 0.6) is 0 Å². The normalized spacial score (nSPS) is 28.4. The largest absolute Gasteiger partial charge is 0.379 e. The molecule has 0 bridgehead atoms. The maximum Gasteiger partial charge on any atom is 0.0589 e. The summed E-state index contributed by atoms with van der Waals surface area (Å²) < 4.78 is 2.62. The minimum Gasteiger partial charge on any atom is -0.379 e. The molecule has 8 aromatic rings. The van der Waals surface area contributed by atoms with Gasteiger partial charge in [0.15, 0.2) is 0 Å². The summed E-state index contributed by atoms with van der Waals surface area (Å²) in [5.41, 5.74) is 19.9. The molecule has 79 heavy (non-hydrogen) atoms. The smallest absolute Gasteiger partial charge is 0.0589 e. The van der Waals surface area contributed by atoms with Crippen LogP contribution < -0.4 is 20.9 Å². The number of nitrogens with zero attached hydrogens (tertiary/aromatic N) is 3. The van der Waals surface area contributed by atoms with E-state index in [1.165, 1.54) is 82.8 Å². The molecule has 0 amide bonds. The van der Waals surface area contributed by atoms with Gasteiger partial charge in [0, 0.05) is 79.2 Å². The molecular formula is C74H73N5. The molecule has 5 saturated carbocycles. The lowest BCUT2D eigenvalue weighted by atomic mass is 9.96. The molecule has 1 heterocycles. The van der Waals surface area contributed by atoms with Crippen LogP contribution in [0.4, 0.5) is 34.1 Å². The highest BCUT2D eigenvalue weighted by atomic mass is 15.2. The van der Waals surface area contributed by atoms with E-state index in [4.69, 9.17) is 5.73 Å². The summed E-state index contributed by atoms with van der Waals surface area (Å²) >= 11 is 0. The Hall–Kier alpha value is -7.86. The number of allylic oxidation sites excluding steroid dienone is 9. The van der Waals surface area contributed by atoms with Crippen molar-refractivity contribution < 1.29 is 0 Å². The number of nitrogens with two attached hydrogens (primary N) is 1. The minimum atomic E-state index is 0.167. The van der Waals surface area contributed by atoms with E-state index >= 15 is 0 Å². The lowest BCUT2D eigenvalue weighted by molar-refractivity contribution is 0.514. The van der Waals surface area contributed by atoms with Gasteiger partial charge < -0.3 is 25.4 Å². The molecule has 5 fully saturated rings. The number of anilines is 6. The van der Waals surface area contributed by atoms with E-state index in [2.05, 4.69) is 276 Å². The zero-order valence-corrected chi connectivity index (χ0v) is 45.8. The van der Waals surface area contributed by atoms with Crippen molar-refractivity contribution in [1.29, 1.82) is 0 Å². The van der Waals surface area contributed by atoms with Gasteiger partial charge in [0.2, 0.25) is 0 Å². The molecule has 7 aromatic carbocycles. The summed E-state index contributed by atoms with van der Waals surface area (Å²) in [5.74, 6) is 6.41. The third-order valence-corrected chi connectivity index (χ3v) is 18.3. The number of aromatic nitrogens is 1. The highest BCUT2D eigenvalue weighted by Crippen LogP contribution is 2.67. The molecule has 0 radical (unpaired) electrons. The number of para-hydroxylation sites is 3. The molecule has 0 saturated heterocycles. The van der Waals surface area contributed by atoms with Crippen LogP contribution in [0.3, 0.4) is 0 Å². The number of hydrogen-bond acceptors (Lipinski definition) is 4. The van der Waals surface area contributed by atoms with Crippen LogP contribution in [0.2, 0.25) is 0 Å². The fraction of sp³-hybridized carbons (Fsp3) is 0.270. The van der Waals surface area contributed by atoms with Crippen LogP contribution in [0.25, 0.3) is 33.4 Å². The van der Waals surface area contributed by atoms with Crippen molar-refractivity contribution in [2.24, 2.45) is 47.2 Å². The molecule has 9 aliphatic rings. The number of fused-ring (bicyclic) bond motifs is 12. The Bertz CT molecular complexity index is 3650. The summed E-state index contributed by atoms with van der Waals surface area (Å²) in [6.45, 7) is 4.25. The highest BCUT2D eigenvalue weighted by Gasteiger charge is 2.65. The Balaban J connectivity index is 0.000000236. The fourth-order valence-corrected chi connectivity index (χ4v) is 13.9. The van der Waals surface area contributed by atoms with Gasteiger partial charge in [0.1, 0.15) is 0 Å². The van der Waals surface area contributed by atoms with E-state index in [-0.39, 0.29) is 11.1 Å². The number of hydrogen-bond donors (Lipinski definition) is 2. The Labute approximate surface area is 467 Å². The first-order valence-corrected chi connectivity index (χ1v) is 29.6. The second-order valence-electron chi connectivity index (χ2n) is 23.8. The first-order chi connectivity index (χ1) is 38.9. The molecule has 9 aliphatic carbocycles. The summed E-state index contributed by atoms with van der Waals surface area (Å²) in [6, 6.07) is 64.0. The highest BCUT2D eigenvalue weighted by molar-refractivity contribution is 6.01. The zero-order chi connectivity index (χ0) is 53.1. The van der Waals surface area contributed by atoms with Gasteiger partial charge in [-0.3, -0.25) is 0 Å². The van der Waals surface area contributed by atoms with E-state index in [0.29, 0.717) is 11.8 Å². The Kier molecular flexibility index (Phi) is 12.8. The fourth-order valence-electron chi connectivity index (χ4n) is 13.9. The average Bonchev–Trinajstić information content (AvgIpc) is 2.47. The van der Waals surface area contributed by atoms with Crippen molar-refractivity contribution in [3.05, 3.63) is 254 Å². The van der Waals surface area contributed by atoms with Crippen molar-refractivity contribution in [1.82, 2.24) is 9.88 Å². The molecule has 5 heteroatoms. The van der Waals surface area contributed by atoms with Gasteiger partial charge in [0.05, 0.1) is 16.7 Å². The van der Waals surface area contributed by atoms with E-state index < -0.39 is 0 Å². The van der Waals surface area contributed by atoms with Crippen molar-refractivity contribution in [3.8, 4) is 5.69 Å². The van der Waals surface area contributed by atoms with Gasteiger partial charge in [-0.2, -0.15) is 0 Å². The Morgan fingerprint density at radius 3 is 1.71 bits per heavy atom. The van der Waals surface area contributed by atoms with E-state index in [9.17, 15) is 0 Å². The monoisotopic (exact) mass is 1030 g/mol. The molecule has 0 spiro atoms. The molecule has 17 rings (SSSR count). The molecule has 1 aromatic heterocycles. The third kappa shape index (κ3) is 9.50. The van der Waals surface area contributed by atoms with Crippen LogP contribution in [-0.4, -0.2) is 15.6 Å². The Morgan fingerprint density at radius 1 is 0.532 bits per heavy atom. The van der Waals surface area contributed by atoms with Gasteiger partial charge in [-0.25, -0.2) is 0 Å². The van der Waals surface area contributed by atoms with Crippen molar-refractivity contribution in [2.45, 2.75) is 82.2 Å². The van der Waals surface area contributed by atoms with E-state index in [1.807, 2.05) is 0 Å². The van der Waals surface area contributed by atoms with Gasteiger partial charge >= 0.3 is 0 Å². The molecule has 5 nitrogen and oxygen atoms in total. The molecule has 10 unspecified atom stereocenters. The van der Waals surface area contributed by atoms with Crippen molar-refractivity contribution in [3.63, 3.8) is 0 Å². The zero-order valence-electron chi connectivity index (χ0n) is 45.8. The predicted octanol–water partition coefficient (Wildman–Crippen LogP) is 18.5. The quantitative estimate of drug-likeness (QED) is 0.141. The maximum absolute atomic E-state index is 5.98. The molecule has 10 atom stereocenters. The number of rotatable bonds is 9. The summed E-state index contributed by atoms with van der Waals surface area (Å²) in [6.07, 6.45) is 35.0. The summed E-state index contributed by atoms with van der Waals surface area (Å²) in [5, 5.41) is 8.09. The number of nitrogens with one attached hydrogen (secondary N) is 1. The molecular weight excluding hydrogens is 959 g/mol. The predicted molar refractivity (Wildman–Crippen MR) is 332 cm³/mol. The van der Waals surface area contributed by atoms with E-state index in [0.717, 1.165) is 82.5 Å². The Morgan fingerprint density at radius 2 is 1.08 bits per heavy atom. The lowest BCUT2D eigenvalue weighted by Gasteiger charge is -2.28. The first-order valence-electron chi connectivity index (χ1n) is 29.6. The van der Waals surface area contributed by atoms with Crippen LogP contribution in [0, 0.1) is 41.4 Å². The minimum absolute atomic E-state index is 0.167. The van der Waals surface area contributed by atoms with Crippen LogP contribution in [0.15, 0.2) is 242 Å². The van der Waals surface area contributed by atoms with Crippen molar-refractivity contribution in [2.75, 3.05) is 9.80 Å². The average molecular weight is 1030 g/mol. The summed E-state index contributed by atoms with van der Waals surface area (Å²) in [4.78, 5) is 4.74. The van der Waals surface area contributed by atoms with Crippen LogP contribution >= 0.6 is 0 Å². The second kappa shape index (κ2) is 20.4. The van der Waals surface area contributed by atoms with Gasteiger partial charge in [0.25, 0.3) is 0 Å². The summed E-state index contributed by atoms with van der Waals surface area (Å²) in [7, 11) is 0. The first kappa shape index (κ1) is 49.4. The third-order valence-electron chi connectivity index (χ3n) is 18.3. The molecule has 3 N–H and O–H groups in total. The van der Waals surface area contributed by atoms with Crippen molar-refractivity contribution >= 4 is 61.9 Å².